The first-order chi connectivity index (χ1) is 4.68. The molecule has 11 heavy (non-hydrogen) atoms. The Hall–Kier alpha value is -0.870. The molecule has 4 heteroatoms. The van der Waals surface area contributed by atoms with Crippen LogP contribution in [-0.2, 0) is 14.3 Å². The molecular formula is C7H14O4. The number of hydrogen-bond acceptors (Lipinski definition) is 3. The molecule has 0 bridgehead atoms. The summed E-state index contributed by atoms with van der Waals surface area (Å²) >= 11 is 0. The monoisotopic (exact) mass is 162 g/mol. The maximum atomic E-state index is 10.6. The van der Waals surface area contributed by atoms with Crippen LogP contribution >= 0.6 is 0 Å². The zero-order valence-electron chi connectivity index (χ0n) is 6.85. The van der Waals surface area contributed by atoms with Crippen LogP contribution < -0.4 is 0 Å². The Balaban J connectivity index is 0. The standard InChI is InChI=1S/C7H12O3.H2O/c1-6(2)7(8)10-5-4-9-3;/h1,4-5H2,2-3H3;1H2. The normalized spacial score (nSPS) is 8.18. The molecule has 0 aromatic heterocycles. The smallest absolute Gasteiger partial charge is 0.333 e. The van der Waals surface area contributed by atoms with Crippen molar-refractivity contribution in [3.05, 3.63) is 12.2 Å². The van der Waals surface area contributed by atoms with Crippen molar-refractivity contribution in [3.63, 3.8) is 0 Å². The van der Waals surface area contributed by atoms with E-state index in [0.29, 0.717) is 18.8 Å². The molecule has 0 atom stereocenters. The van der Waals surface area contributed by atoms with Gasteiger partial charge >= 0.3 is 5.97 Å². The van der Waals surface area contributed by atoms with Crippen LogP contribution in [0.25, 0.3) is 0 Å². The average Bonchev–Trinajstić information content (AvgIpc) is 1.88. The van der Waals surface area contributed by atoms with Crippen molar-refractivity contribution >= 4 is 5.97 Å². The molecule has 0 saturated carbocycles. The largest absolute Gasteiger partial charge is 0.460 e. The van der Waals surface area contributed by atoms with E-state index in [9.17, 15) is 4.79 Å². The Morgan fingerprint density at radius 1 is 1.45 bits per heavy atom. The van der Waals surface area contributed by atoms with Crippen LogP contribution in [0.5, 0.6) is 0 Å². The van der Waals surface area contributed by atoms with E-state index in [0.717, 1.165) is 0 Å². The second-order valence-electron chi connectivity index (χ2n) is 1.91. The summed E-state index contributed by atoms with van der Waals surface area (Å²) in [6, 6.07) is 0. The topological polar surface area (TPSA) is 67.0 Å². The minimum absolute atomic E-state index is 0. The van der Waals surface area contributed by atoms with Gasteiger partial charge in [-0.05, 0) is 6.92 Å². The Kier molecular flexibility index (Phi) is 8.41. The van der Waals surface area contributed by atoms with Crippen molar-refractivity contribution in [3.8, 4) is 0 Å². The highest BCUT2D eigenvalue weighted by Gasteiger charge is 2.00. The van der Waals surface area contributed by atoms with Gasteiger partial charge in [0.25, 0.3) is 0 Å². The van der Waals surface area contributed by atoms with E-state index in [1.54, 1.807) is 14.0 Å². The van der Waals surface area contributed by atoms with E-state index < -0.39 is 0 Å². The molecule has 0 aromatic rings. The highest BCUT2D eigenvalue weighted by Crippen LogP contribution is 1.90. The number of carbonyl (C=O) groups excluding carboxylic acids is 1. The van der Waals surface area contributed by atoms with Crippen molar-refractivity contribution in [2.45, 2.75) is 6.92 Å². The highest BCUT2D eigenvalue weighted by atomic mass is 16.6. The van der Waals surface area contributed by atoms with Gasteiger partial charge in [-0.1, -0.05) is 6.58 Å². The molecule has 0 aliphatic carbocycles. The van der Waals surface area contributed by atoms with Crippen LogP contribution in [0.15, 0.2) is 12.2 Å². The third kappa shape index (κ3) is 7.02. The third-order valence-electron chi connectivity index (χ3n) is 0.869. The predicted molar refractivity (Wildman–Crippen MR) is 41.3 cm³/mol. The molecule has 66 valence electrons. The van der Waals surface area contributed by atoms with Gasteiger partial charge in [0.05, 0.1) is 6.61 Å². The van der Waals surface area contributed by atoms with E-state index in [1.165, 1.54) is 0 Å². The van der Waals surface area contributed by atoms with Crippen LogP contribution in [0.4, 0.5) is 0 Å². The molecule has 2 N–H and O–H groups in total. The summed E-state index contributed by atoms with van der Waals surface area (Å²) in [6.45, 7) is 5.75. The second kappa shape index (κ2) is 7.24. The summed E-state index contributed by atoms with van der Waals surface area (Å²) in [7, 11) is 1.55. The summed E-state index contributed by atoms with van der Waals surface area (Å²) in [6.07, 6.45) is 0. The quantitative estimate of drug-likeness (QED) is 0.330. The summed E-state index contributed by atoms with van der Waals surface area (Å²) in [5, 5.41) is 0. The van der Waals surface area contributed by atoms with Gasteiger partial charge in [0.15, 0.2) is 0 Å². The fraction of sp³-hybridized carbons (Fsp3) is 0.571. The first-order valence-corrected chi connectivity index (χ1v) is 3.00. The molecule has 0 heterocycles. The fourth-order valence-corrected chi connectivity index (χ4v) is 0.341. The number of rotatable bonds is 4. The van der Waals surface area contributed by atoms with E-state index in [-0.39, 0.29) is 11.4 Å². The minimum Gasteiger partial charge on any atom is -0.460 e. The highest BCUT2D eigenvalue weighted by molar-refractivity contribution is 5.86. The van der Waals surface area contributed by atoms with Gasteiger partial charge in [-0.25, -0.2) is 4.79 Å². The number of methoxy groups -OCH3 is 1. The molecule has 4 nitrogen and oxygen atoms in total. The van der Waals surface area contributed by atoms with Gasteiger partial charge in [0.1, 0.15) is 6.61 Å². The molecule has 0 aliphatic rings. The lowest BCUT2D eigenvalue weighted by atomic mass is 10.4. The van der Waals surface area contributed by atoms with Crippen molar-refractivity contribution < 1.29 is 19.7 Å². The van der Waals surface area contributed by atoms with Gasteiger partial charge in [-0.15, -0.1) is 0 Å². The molecule has 0 aliphatic heterocycles. The van der Waals surface area contributed by atoms with E-state index in [1.807, 2.05) is 0 Å². The van der Waals surface area contributed by atoms with Gasteiger partial charge in [0.2, 0.25) is 0 Å². The summed E-state index contributed by atoms with van der Waals surface area (Å²) in [4.78, 5) is 10.6. The molecule has 0 unspecified atom stereocenters. The van der Waals surface area contributed by atoms with Crippen molar-refractivity contribution in [2.75, 3.05) is 20.3 Å². The second-order valence-corrected chi connectivity index (χ2v) is 1.91. The fourth-order valence-electron chi connectivity index (χ4n) is 0.341. The van der Waals surface area contributed by atoms with Crippen molar-refractivity contribution in [1.82, 2.24) is 0 Å². The minimum atomic E-state index is -0.364. The number of carbonyl (C=O) groups is 1. The molecule has 0 rings (SSSR count). The van der Waals surface area contributed by atoms with Gasteiger partial charge in [-0.2, -0.15) is 0 Å². The third-order valence-corrected chi connectivity index (χ3v) is 0.869. The van der Waals surface area contributed by atoms with Crippen LogP contribution in [-0.4, -0.2) is 31.8 Å². The zero-order valence-corrected chi connectivity index (χ0v) is 6.85. The maximum Gasteiger partial charge on any atom is 0.333 e. The lowest BCUT2D eigenvalue weighted by Gasteiger charge is -2.01. The van der Waals surface area contributed by atoms with Gasteiger partial charge in [0, 0.05) is 12.7 Å². The predicted octanol–water partition coefficient (Wildman–Crippen LogP) is -0.0726. The average molecular weight is 162 g/mol. The van der Waals surface area contributed by atoms with E-state index >= 15 is 0 Å². The van der Waals surface area contributed by atoms with Crippen LogP contribution in [0.3, 0.4) is 0 Å². The molecule has 0 saturated heterocycles. The van der Waals surface area contributed by atoms with Crippen LogP contribution in [0, 0.1) is 0 Å². The Bertz CT molecular complexity index is 130. The van der Waals surface area contributed by atoms with Crippen molar-refractivity contribution in [1.29, 1.82) is 0 Å². The first kappa shape index (κ1) is 12.8. The maximum absolute atomic E-state index is 10.6. The summed E-state index contributed by atoms with van der Waals surface area (Å²) in [5.41, 5.74) is 0.413. The summed E-state index contributed by atoms with van der Waals surface area (Å²) < 4.78 is 9.35. The number of ether oxygens (including phenoxy) is 2. The molecule has 0 spiro atoms. The Morgan fingerprint density at radius 3 is 2.36 bits per heavy atom. The molecule has 0 amide bonds. The van der Waals surface area contributed by atoms with Gasteiger partial charge in [-0.3, -0.25) is 0 Å². The molecule has 0 fully saturated rings. The zero-order chi connectivity index (χ0) is 7.98. The van der Waals surface area contributed by atoms with Crippen LogP contribution in [0.2, 0.25) is 0 Å². The Labute approximate surface area is 66.1 Å². The molecule has 0 radical (unpaired) electrons. The number of hydrogen-bond donors (Lipinski definition) is 0. The molecular weight excluding hydrogens is 148 g/mol. The number of esters is 1. The first-order valence-electron chi connectivity index (χ1n) is 3.00. The Morgan fingerprint density at radius 2 is 2.00 bits per heavy atom. The van der Waals surface area contributed by atoms with Crippen LogP contribution in [0.1, 0.15) is 6.92 Å². The summed E-state index contributed by atoms with van der Waals surface area (Å²) in [5.74, 6) is -0.364. The van der Waals surface area contributed by atoms with Gasteiger partial charge < -0.3 is 14.9 Å². The van der Waals surface area contributed by atoms with E-state index in [4.69, 9.17) is 0 Å². The van der Waals surface area contributed by atoms with E-state index in [2.05, 4.69) is 16.1 Å². The SMILES string of the molecule is C=C(C)C(=O)OCCOC.O. The van der Waals surface area contributed by atoms with Crippen molar-refractivity contribution in [2.24, 2.45) is 0 Å². The lowest BCUT2D eigenvalue weighted by Crippen LogP contribution is -2.09. The molecule has 0 aromatic carbocycles. The lowest BCUT2D eigenvalue weighted by molar-refractivity contribution is -0.140.